The Balaban J connectivity index is 1.79. The molecule has 1 N–H and O–H groups in total. The van der Waals surface area contributed by atoms with Gasteiger partial charge in [-0.05, 0) is 24.8 Å². The monoisotopic (exact) mass is 290 g/mol. The lowest BCUT2D eigenvalue weighted by molar-refractivity contribution is -0.129. The molecule has 1 aromatic rings. The molecule has 3 rings (SSSR count). The van der Waals surface area contributed by atoms with Crippen molar-refractivity contribution in [3.05, 3.63) is 18.0 Å². The standard InChI is InChI=1S/C15H22N4O2/c1-11-4-3-7-15(10-11)13(20)17-14(21)19(15)9-6-12-5-8-16-18(12)2/h5,8,11H,3-4,6-7,9-10H2,1-2H3,(H,17,20,21). The third-order valence-corrected chi connectivity index (χ3v) is 4.89. The second kappa shape index (κ2) is 5.16. The van der Waals surface area contributed by atoms with Crippen LogP contribution in [0.15, 0.2) is 12.3 Å². The first-order valence-corrected chi connectivity index (χ1v) is 7.63. The molecule has 1 aromatic heterocycles. The maximum atomic E-state index is 12.4. The second-order valence-electron chi connectivity index (χ2n) is 6.34. The molecule has 1 aliphatic heterocycles. The fourth-order valence-corrected chi connectivity index (χ4v) is 3.76. The average molecular weight is 290 g/mol. The van der Waals surface area contributed by atoms with Crippen molar-refractivity contribution in [2.45, 2.75) is 44.6 Å². The highest BCUT2D eigenvalue weighted by Crippen LogP contribution is 2.39. The number of rotatable bonds is 3. The van der Waals surface area contributed by atoms with E-state index >= 15 is 0 Å². The first-order chi connectivity index (χ1) is 10.0. The Morgan fingerprint density at radius 3 is 2.95 bits per heavy atom. The van der Waals surface area contributed by atoms with Gasteiger partial charge in [-0.3, -0.25) is 14.8 Å². The molecule has 1 spiro atoms. The molecule has 2 aliphatic rings. The number of aromatic nitrogens is 2. The highest BCUT2D eigenvalue weighted by atomic mass is 16.2. The van der Waals surface area contributed by atoms with Crippen molar-refractivity contribution in [3.63, 3.8) is 0 Å². The number of imide groups is 1. The molecular weight excluding hydrogens is 268 g/mol. The third kappa shape index (κ3) is 2.32. The number of hydrogen-bond acceptors (Lipinski definition) is 3. The lowest BCUT2D eigenvalue weighted by atomic mass is 9.75. The van der Waals surface area contributed by atoms with Crippen molar-refractivity contribution in [1.29, 1.82) is 0 Å². The van der Waals surface area contributed by atoms with Crippen LogP contribution in [0.25, 0.3) is 0 Å². The van der Waals surface area contributed by atoms with E-state index in [-0.39, 0.29) is 11.9 Å². The Morgan fingerprint density at radius 2 is 2.29 bits per heavy atom. The molecule has 2 fully saturated rings. The minimum absolute atomic E-state index is 0.107. The number of amides is 3. The van der Waals surface area contributed by atoms with Crippen molar-refractivity contribution < 1.29 is 9.59 Å². The largest absolute Gasteiger partial charge is 0.325 e. The summed E-state index contributed by atoms with van der Waals surface area (Å²) in [5.41, 5.74) is 0.453. The van der Waals surface area contributed by atoms with Crippen LogP contribution in [0.4, 0.5) is 4.79 Å². The molecule has 21 heavy (non-hydrogen) atoms. The van der Waals surface area contributed by atoms with Crippen LogP contribution in [0.1, 0.15) is 38.3 Å². The Labute approximate surface area is 124 Å². The molecule has 1 saturated heterocycles. The summed E-state index contributed by atoms with van der Waals surface area (Å²) in [6.07, 6.45) is 6.16. The fourth-order valence-electron chi connectivity index (χ4n) is 3.76. The Bertz CT molecular complexity index is 568. The van der Waals surface area contributed by atoms with E-state index in [1.54, 1.807) is 11.1 Å². The van der Waals surface area contributed by atoms with Gasteiger partial charge in [0.05, 0.1) is 0 Å². The molecule has 0 aromatic carbocycles. The minimum Gasteiger partial charge on any atom is -0.309 e. The molecule has 0 radical (unpaired) electrons. The molecule has 1 saturated carbocycles. The lowest BCUT2D eigenvalue weighted by Crippen LogP contribution is -2.53. The molecule has 114 valence electrons. The van der Waals surface area contributed by atoms with Gasteiger partial charge in [0.1, 0.15) is 5.54 Å². The van der Waals surface area contributed by atoms with Crippen molar-refractivity contribution in [1.82, 2.24) is 20.0 Å². The van der Waals surface area contributed by atoms with Gasteiger partial charge in [0.25, 0.3) is 5.91 Å². The van der Waals surface area contributed by atoms with Crippen molar-refractivity contribution in [3.8, 4) is 0 Å². The quantitative estimate of drug-likeness (QED) is 0.857. The van der Waals surface area contributed by atoms with Gasteiger partial charge in [-0.15, -0.1) is 0 Å². The van der Waals surface area contributed by atoms with Crippen LogP contribution in [-0.2, 0) is 18.3 Å². The number of nitrogens with one attached hydrogen (secondary N) is 1. The number of carbonyl (C=O) groups excluding carboxylic acids is 2. The smallest absolute Gasteiger partial charge is 0.309 e. The predicted octanol–water partition coefficient (Wildman–Crippen LogP) is 1.46. The van der Waals surface area contributed by atoms with E-state index < -0.39 is 5.54 Å². The van der Waals surface area contributed by atoms with E-state index in [0.29, 0.717) is 18.9 Å². The van der Waals surface area contributed by atoms with Crippen LogP contribution in [0.5, 0.6) is 0 Å². The number of carbonyl (C=O) groups is 2. The van der Waals surface area contributed by atoms with Gasteiger partial charge >= 0.3 is 6.03 Å². The summed E-state index contributed by atoms with van der Waals surface area (Å²) in [6.45, 7) is 2.72. The maximum absolute atomic E-state index is 12.4. The maximum Gasteiger partial charge on any atom is 0.325 e. The summed E-state index contributed by atoms with van der Waals surface area (Å²) in [5.74, 6) is 0.374. The van der Waals surface area contributed by atoms with Crippen molar-refractivity contribution >= 4 is 11.9 Å². The van der Waals surface area contributed by atoms with Crippen LogP contribution in [0, 0.1) is 5.92 Å². The molecule has 0 bridgehead atoms. The summed E-state index contributed by atoms with van der Waals surface area (Å²) in [4.78, 5) is 26.3. The first-order valence-electron chi connectivity index (χ1n) is 7.63. The lowest BCUT2D eigenvalue weighted by Gasteiger charge is -2.40. The number of urea groups is 1. The molecule has 3 amide bonds. The van der Waals surface area contributed by atoms with Gasteiger partial charge < -0.3 is 4.90 Å². The molecule has 6 heteroatoms. The Hall–Kier alpha value is -1.85. The number of aryl methyl sites for hydroxylation is 1. The number of hydrogen-bond donors (Lipinski definition) is 1. The zero-order valence-corrected chi connectivity index (χ0v) is 12.6. The normalized spacial score (nSPS) is 29.2. The molecule has 2 atom stereocenters. The highest BCUT2D eigenvalue weighted by molar-refractivity contribution is 6.07. The van der Waals surface area contributed by atoms with Gasteiger partial charge in [-0.25, -0.2) is 4.79 Å². The van der Waals surface area contributed by atoms with Crippen LogP contribution >= 0.6 is 0 Å². The van der Waals surface area contributed by atoms with Crippen molar-refractivity contribution in [2.75, 3.05) is 6.54 Å². The summed E-state index contributed by atoms with van der Waals surface area (Å²) in [7, 11) is 1.89. The SMILES string of the molecule is CC1CCCC2(C1)C(=O)NC(=O)N2CCc1ccnn1C. The van der Waals surface area contributed by atoms with Gasteiger partial charge in [-0.1, -0.05) is 19.8 Å². The van der Waals surface area contributed by atoms with Gasteiger partial charge in [0, 0.05) is 31.9 Å². The van der Waals surface area contributed by atoms with Crippen LogP contribution < -0.4 is 5.32 Å². The van der Waals surface area contributed by atoms with E-state index in [1.807, 2.05) is 17.8 Å². The van der Waals surface area contributed by atoms with E-state index in [2.05, 4.69) is 17.3 Å². The molecule has 2 heterocycles. The number of nitrogens with zero attached hydrogens (tertiary/aromatic N) is 3. The first kappa shape index (κ1) is 14.1. The summed E-state index contributed by atoms with van der Waals surface area (Å²) < 4.78 is 1.81. The van der Waals surface area contributed by atoms with E-state index in [9.17, 15) is 9.59 Å². The van der Waals surface area contributed by atoms with Gasteiger partial charge in [0.15, 0.2) is 0 Å². The highest BCUT2D eigenvalue weighted by Gasteiger charge is 2.53. The van der Waals surface area contributed by atoms with Crippen LogP contribution in [0.3, 0.4) is 0 Å². The second-order valence-corrected chi connectivity index (χ2v) is 6.34. The van der Waals surface area contributed by atoms with Crippen LogP contribution in [-0.4, -0.2) is 38.7 Å². The summed E-state index contributed by atoms with van der Waals surface area (Å²) in [5, 5.41) is 6.66. The summed E-state index contributed by atoms with van der Waals surface area (Å²) in [6, 6.07) is 1.71. The zero-order valence-electron chi connectivity index (χ0n) is 12.6. The molecular formula is C15H22N4O2. The summed E-state index contributed by atoms with van der Waals surface area (Å²) >= 11 is 0. The minimum atomic E-state index is -0.618. The molecule has 2 unspecified atom stereocenters. The van der Waals surface area contributed by atoms with Crippen molar-refractivity contribution in [2.24, 2.45) is 13.0 Å². The Kier molecular flexibility index (Phi) is 3.47. The Morgan fingerprint density at radius 1 is 1.48 bits per heavy atom. The zero-order chi connectivity index (χ0) is 15.0. The molecule has 1 aliphatic carbocycles. The van der Waals surface area contributed by atoms with E-state index in [1.165, 1.54) is 0 Å². The van der Waals surface area contributed by atoms with Crippen LogP contribution in [0.2, 0.25) is 0 Å². The van der Waals surface area contributed by atoms with E-state index in [0.717, 1.165) is 31.4 Å². The predicted molar refractivity (Wildman–Crippen MR) is 77.5 cm³/mol. The topological polar surface area (TPSA) is 67.2 Å². The molecule has 6 nitrogen and oxygen atoms in total. The average Bonchev–Trinajstić information content (AvgIpc) is 2.92. The van der Waals surface area contributed by atoms with E-state index in [4.69, 9.17) is 0 Å². The van der Waals surface area contributed by atoms with Gasteiger partial charge in [0.2, 0.25) is 0 Å². The third-order valence-electron chi connectivity index (χ3n) is 4.89. The van der Waals surface area contributed by atoms with Gasteiger partial charge in [-0.2, -0.15) is 5.10 Å². The fraction of sp³-hybridized carbons (Fsp3) is 0.667.